The van der Waals surface area contributed by atoms with E-state index in [9.17, 15) is 8.42 Å². The molecule has 2 N–H and O–H groups in total. The lowest BCUT2D eigenvalue weighted by molar-refractivity contribution is 0.194. The summed E-state index contributed by atoms with van der Waals surface area (Å²) >= 11 is 0. The van der Waals surface area contributed by atoms with E-state index in [2.05, 4.69) is 9.97 Å². The second kappa shape index (κ2) is 9.20. The highest BCUT2D eigenvalue weighted by Crippen LogP contribution is 2.38. The number of hydrogen-bond donors (Lipinski definition) is 1. The standard InChI is InChI=1S/C19H27N3O5S/c1-12(2)13-9-15(26-4)17(28(5,23)24)10-14(13)27-16-11-21-18(22-19(16)20)7-6-8-25-3/h9-12H,6-8H2,1-5H3,(H2,20,21,22). The van der Waals surface area contributed by atoms with Crippen molar-refractivity contribution in [3.05, 3.63) is 29.7 Å². The SMILES string of the molecule is COCCCc1ncc(Oc2cc(S(C)(=O)=O)c(OC)cc2C(C)C)c(N)n1. The molecule has 0 aliphatic carbocycles. The Morgan fingerprint density at radius 2 is 1.86 bits per heavy atom. The van der Waals surface area contributed by atoms with Crippen LogP contribution in [0.3, 0.4) is 0 Å². The minimum absolute atomic E-state index is 0.0464. The van der Waals surface area contributed by atoms with E-state index >= 15 is 0 Å². The topological polar surface area (TPSA) is 114 Å². The lowest BCUT2D eigenvalue weighted by Crippen LogP contribution is -2.06. The first-order valence-electron chi connectivity index (χ1n) is 8.87. The number of benzene rings is 1. The maximum Gasteiger partial charge on any atom is 0.187 e. The molecule has 0 radical (unpaired) electrons. The van der Waals surface area contributed by atoms with Crippen LogP contribution in [0.15, 0.2) is 23.2 Å². The Kier molecular flexibility index (Phi) is 7.20. The Morgan fingerprint density at radius 3 is 2.39 bits per heavy atom. The van der Waals surface area contributed by atoms with Gasteiger partial charge in [-0.25, -0.2) is 18.4 Å². The van der Waals surface area contributed by atoms with Gasteiger partial charge >= 0.3 is 0 Å². The van der Waals surface area contributed by atoms with Gasteiger partial charge in [0.1, 0.15) is 22.2 Å². The van der Waals surface area contributed by atoms with Crippen molar-refractivity contribution in [2.45, 2.75) is 37.5 Å². The molecule has 2 aromatic rings. The lowest BCUT2D eigenvalue weighted by atomic mass is 10.0. The summed E-state index contributed by atoms with van der Waals surface area (Å²) in [6.07, 6.45) is 4.04. The van der Waals surface area contributed by atoms with E-state index in [1.807, 2.05) is 13.8 Å². The number of methoxy groups -OCH3 is 2. The van der Waals surface area contributed by atoms with Gasteiger partial charge in [0.15, 0.2) is 21.4 Å². The van der Waals surface area contributed by atoms with Crippen LogP contribution >= 0.6 is 0 Å². The van der Waals surface area contributed by atoms with Gasteiger partial charge in [-0.3, -0.25) is 0 Å². The molecule has 28 heavy (non-hydrogen) atoms. The molecule has 0 saturated heterocycles. The van der Waals surface area contributed by atoms with Crippen molar-refractivity contribution >= 4 is 15.7 Å². The van der Waals surface area contributed by atoms with Gasteiger partial charge in [0, 0.05) is 38.0 Å². The first-order chi connectivity index (χ1) is 13.2. The van der Waals surface area contributed by atoms with Gasteiger partial charge in [0.2, 0.25) is 0 Å². The van der Waals surface area contributed by atoms with Crippen molar-refractivity contribution in [1.82, 2.24) is 9.97 Å². The fourth-order valence-corrected chi connectivity index (χ4v) is 3.49. The van der Waals surface area contributed by atoms with Gasteiger partial charge in [-0.1, -0.05) is 13.8 Å². The molecule has 0 aliphatic heterocycles. The van der Waals surface area contributed by atoms with Crippen LogP contribution < -0.4 is 15.2 Å². The van der Waals surface area contributed by atoms with Crippen LogP contribution in [0.5, 0.6) is 17.2 Å². The first kappa shape index (κ1) is 21.9. The molecule has 0 spiro atoms. The third-order valence-corrected chi connectivity index (χ3v) is 5.24. The number of rotatable bonds is 9. The van der Waals surface area contributed by atoms with Crippen molar-refractivity contribution in [3.8, 4) is 17.2 Å². The zero-order valence-corrected chi connectivity index (χ0v) is 17.7. The Bertz CT molecular complexity index is 929. The molecule has 9 heteroatoms. The number of ether oxygens (including phenoxy) is 3. The van der Waals surface area contributed by atoms with Gasteiger partial charge in [-0.05, 0) is 18.4 Å². The van der Waals surface area contributed by atoms with Gasteiger partial charge in [-0.15, -0.1) is 0 Å². The predicted molar refractivity (Wildman–Crippen MR) is 107 cm³/mol. The van der Waals surface area contributed by atoms with E-state index in [1.165, 1.54) is 19.4 Å². The fourth-order valence-electron chi connectivity index (χ4n) is 2.66. The van der Waals surface area contributed by atoms with E-state index in [0.29, 0.717) is 24.6 Å². The normalized spacial score (nSPS) is 11.6. The molecule has 0 unspecified atom stereocenters. The van der Waals surface area contributed by atoms with E-state index in [-0.39, 0.29) is 28.1 Å². The van der Waals surface area contributed by atoms with Crippen LogP contribution in [-0.2, 0) is 21.0 Å². The van der Waals surface area contributed by atoms with Gasteiger partial charge < -0.3 is 19.9 Å². The molecule has 0 aliphatic rings. The minimum Gasteiger partial charge on any atom is -0.495 e. The van der Waals surface area contributed by atoms with Crippen molar-refractivity contribution in [2.24, 2.45) is 0 Å². The van der Waals surface area contributed by atoms with Crippen LogP contribution in [0, 0.1) is 0 Å². The molecule has 1 aromatic carbocycles. The van der Waals surface area contributed by atoms with Crippen molar-refractivity contribution in [2.75, 3.05) is 32.8 Å². The van der Waals surface area contributed by atoms with E-state index in [4.69, 9.17) is 19.9 Å². The van der Waals surface area contributed by atoms with Gasteiger partial charge in [-0.2, -0.15) is 0 Å². The highest BCUT2D eigenvalue weighted by molar-refractivity contribution is 7.90. The quantitative estimate of drug-likeness (QED) is 0.629. The molecule has 1 aromatic heterocycles. The van der Waals surface area contributed by atoms with Crippen molar-refractivity contribution in [1.29, 1.82) is 0 Å². The average molecular weight is 410 g/mol. The monoisotopic (exact) mass is 409 g/mol. The molecule has 8 nitrogen and oxygen atoms in total. The lowest BCUT2D eigenvalue weighted by Gasteiger charge is -2.18. The molecule has 2 rings (SSSR count). The fraction of sp³-hybridized carbons (Fsp3) is 0.474. The van der Waals surface area contributed by atoms with Gasteiger partial charge in [0.05, 0.1) is 13.3 Å². The predicted octanol–water partition coefficient (Wildman–Crippen LogP) is 2.97. The Labute approximate surface area is 166 Å². The molecular formula is C19H27N3O5S. The summed E-state index contributed by atoms with van der Waals surface area (Å²) in [6, 6.07) is 3.13. The summed E-state index contributed by atoms with van der Waals surface area (Å²) in [7, 11) is -0.442. The maximum atomic E-state index is 12.1. The van der Waals surface area contributed by atoms with Crippen LogP contribution in [0.2, 0.25) is 0 Å². The maximum absolute atomic E-state index is 12.1. The molecule has 0 atom stereocenters. The number of aryl methyl sites for hydroxylation is 1. The number of sulfone groups is 1. The van der Waals surface area contributed by atoms with Gasteiger partial charge in [0.25, 0.3) is 0 Å². The number of anilines is 1. The Hall–Kier alpha value is -2.39. The summed E-state index contributed by atoms with van der Waals surface area (Å²) in [6.45, 7) is 4.56. The summed E-state index contributed by atoms with van der Waals surface area (Å²) in [4.78, 5) is 8.58. The summed E-state index contributed by atoms with van der Waals surface area (Å²) in [5, 5.41) is 0. The van der Waals surface area contributed by atoms with Crippen LogP contribution in [-0.4, -0.2) is 45.5 Å². The number of nitrogen functional groups attached to an aromatic ring is 1. The van der Waals surface area contributed by atoms with Crippen LogP contribution in [0.4, 0.5) is 5.82 Å². The van der Waals surface area contributed by atoms with E-state index < -0.39 is 9.84 Å². The van der Waals surface area contributed by atoms with E-state index in [0.717, 1.165) is 18.2 Å². The number of hydrogen-bond acceptors (Lipinski definition) is 8. The second-order valence-corrected chi connectivity index (χ2v) is 8.69. The molecule has 0 saturated carbocycles. The molecule has 1 heterocycles. The van der Waals surface area contributed by atoms with Crippen molar-refractivity contribution < 1.29 is 22.6 Å². The minimum atomic E-state index is -3.51. The zero-order valence-electron chi connectivity index (χ0n) is 16.9. The van der Waals surface area contributed by atoms with Crippen LogP contribution in [0.25, 0.3) is 0 Å². The third kappa shape index (κ3) is 5.32. The number of nitrogens with zero attached hydrogens (tertiary/aromatic N) is 2. The summed E-state index contributed by atoms with van der Waals surface area (Å²) in [5.74, 6) is 1.76. The second-order valence-electron chi connectivity index (χ2n) is 6.70. The zero-order chi connectivity index (χ0) is 20.9. The number of nitrogens with two attached hydrogens (primary N) is 1. The van der Waals surface area contributed by atoms with Crippen LogP contribution in [0.1, 0.15) is 37.6 Å². The first-order valence-corrected chi connectivity index (χ1v) is 10.8. The summed E-state index contributed by atoms with van der Waals surface area (Å²) in [5.41, 5.74) is 6.81. The highest BCUT2D eigenvalue weighted by Gasteiger charge is 2.21. The molecule has 0 bridgehead atoms. The molecule has 0 fully saturated rings. The highest BCUT2D eigenvalue weighted by atomic mass is 32.2. The molecule has 154 valence electrons. The smallest absolute Gasteiger partial charge is 0.187 e. The summed E-state index contributed by atoms with van der Waals surface area (Å²) < 4.78 is 40.5. The van der Waals surface area contributed by atoms with Crippen molar-refractivity contribution in [3.63, 3.8) is 0 Å². The Morgan fingerprint density at radius 1 is 1.14 bits per heavy atom. The number of aromatic nitrogens is 2. The molecular weight excluding hydrogens is 382 g/mol. The molecule has 0 amide bonds. The van der Waals surface area contributed by atoms with E-state index in [1.54, 1.807) is 13.2 Å². The largest absolute Gasteiger partial charge is 0.495 e. The Balaban J connectivity index is 2.42. The average Bonchev–Trinajstić information content (AvgIpc) is 2.62. The third-order valence-electron chi connectivity index (χ3n) is 4.12.